The highest BCUT2D eigenvalue weighted by molar-refractivity contribution is 5.97. The van der Waals surface area contributed by atoms with Crippen LogP contribution in [0.1, 0.15) is 42.5 Å². The van der Waals surface area contributed by atoms with Crippen LogP contribution in [0.2, 0.25) is 0 Å². The molecule has 0 bridgehead atoms. The van der Waals surface area contributed by atoms with Crippen molar-refractivity contribution >= 4 is 17.6 Å². The number of hydrogen-bond donors (Lipinski definition) is 1. The summed E-state index contributed by atoms with van der Waals surface area (Å²) in [6.45, 7) is 8.98. The molecule has 1 unspecified atom stereocenters. The zero-order chi connectivity index (χ0) is 19.8. The van der Waals surface area contributed by atoms with Crippen molar-refractivity contribution in [1.29, 1.82) is 0 Å². The molecule has 27 heavy (non-hydrogen) atoms. The number of nitrogens with one attached hydrogen (secondary N) is 1. The Morgan fingerprint density at radius 3 is 2.37 bits per heavy atom. The molecule has 0 aromatic heterocycles. The first-order valence-corrected chi connectivity index (χ1v) is 9.09. The average molecular weight is 367 g/mol. The van der Waals surface area contributed by atoms with E-state index >= 15 is 0 Å². The van der Waals surface area contributed by atoms with Gasteiger partial charge in [0, 0.05) is 24.6 Å². The molecule has 1 heterocycles. The fourth-order valence-electron chi connectivity index (χ4n) is 3.48. The molecule has 2 aromatic rings. The van der Waals surface area contributed by atoms with E-state index < -0.39 is 5.60 Å². The normalized spacial score (nSPS) is 18.3. The van der Waals surface area contributed by atoms with Crippen molar-refractivity contribution in [3.63, 3.8) is 0 Å². The van der Waals surface area contributed by atoms with E-state index in [-0.39, 0.29) is 11.9 Å². The quantitative estimate of drug-likeness (QED) is 0.650. The first-order chi connectivity index (χ1) is 12.7. The molecule has 3 rings (SSSR count). The molecule has 0 aliphatic carbocycles. The van der Waals surface area contributed by atoms with Gasteiger partial charge in [0.25, 0.3) is 5.91 Å². The largest absolute Gasteiger partial charge is 0.477 e. The summed E-state index contributed by atoms with van der Waals surface area (Å²) >= 11 is 0. The van der Waals surface area contributed by atoms with Crippen molar-refractivity contribution in [1.82, 2.24) is 0 Å². The van der Waals surface area contributed by atoms with Crippen molar-refractivity contribution < 1.29 is 19.1 Å². The van der Waals surface area contributed by atoms with Crippen LogP contribution in [0.3, 0.4) is 0 Å². The predicted octanol–water partition coefficient (Wildman–Crippen LogP) is 4.26. The number of para-hydroxylation sites is 1. The van der Waals surface area contributed by atoms with E-state index in [1.54, 1.807) is 0 Å². The molecule has 0 fully saturated rings. The second-order valence-corrected chi connectivity index (χ2v) is 7.26. The molecule has 0 saturated heterocycles. The molecule has 5 heteroatoms. The van der Waals surface area contributed by atoms with Gasteiger partial charge in [0.15, 0.2) is 5.60 Å². The first kappa shape index (κ1) is 19.0. The average Bonchev–Trinajstić information content (AvgIpc) is 2.64. The van der Waals surface area contributed by atoms with Gasteiger partial charge in [0.2, 0.25) is 0 Å². The second-order valence-electron chi connectivity index (χ2n) is 7.26. The summed E-state index contributed by atoms with van der Waals surface area (Å²) in [4.78, 5) is 24.3. The maximum absolute atomic E-state index is 12.9. The molecule has 0 saturated carbocycles. The molecule has 142 valence electrons. The Morgan fingerprint density at radius 2 is 1.74 bits per heavy atom. The number of amides is 1. The summed E-state index contributed by atoms with van der Waals surface area (Å²) in [7, 11) is 0. The molecule has 1 atom stereocenters. The number of esters is 1. The van der Waals surface area contributed by atoms with Crippen LogP contribution in [0.25, 0.3) is 0 Å². The molecule has 1 amide bonds. The Bertz CT molecular complexity index is 905. The number of carbonyl (C=O) groups is 2. The van der Waals surface area contributed by atoms with E-state index in [2.05, 4.69) is 5.32 Å². The van der Waals surface area contributed by atoms with Crippen molar-refractivity contribution in [2.45, 2.75) is 53.1 Å². The third-order valence-corrected chi connectivity index (χ3v) is 5.25. The lowest BCUT2D eigenvalue weighted by Gasteiger charge is -2.36. The Hall–Kier alpha value is -2.82. The minimum Gasteiger partial charge on any atom is -0.477 e. The molecule has 0 spiro atoms. The second kappa shape index (κ2) is 7.06. The summed E-state index contributed by atoms with van der Waals surface area (Å²) in [5, 5.41) is 2.94. The van der Waals surface area contributed by atoms with Crippen molar-refractivity contribution in [3.8, 4) is 11.5 Å². The van der Waals surface area contributed by atoms with E-state index in [9.17, 15) is 9.59 Å². The van der Waals surface area contributed by atoms with Gasteiger partial charge in [-0.2, -0.15) is 0 Å². The molecule has 1 aliphatic rings. The number of ether oxygens (including phenoxy) is 2. The summed E-state index contributed by atoms with van der Waals surface area (Å²) in [6, 6.07) is 9.36. The zero-order valence-corrected chi connectivity index (χ0v) is 16.4. The minimum absolute atomic E-state index is 0.168. The van der Waals surface area contributed by atoms with Crippen molar-refractivity contribution in [2.24, 2.45) is 0 Å². The molecule has 5 nitrogen and oxygen atoms in total. The van der Waals surface area contributed by atoms with Gasteiger partial charge < -0.3 is 14.8 Å². The molecular formula is C22H25NO4. The van der Waals surface area contributed by atoms with Gasteiger partial charge in [-0.15, -0.1) is 0 Å². The van der Waals surface area contributed by atoms with Gasteiger partial charge in [-0.1, -0.05) is 18.2 Å². The fraction of sp³-hybridized carbons (Fsp3) is 0.364. The van der Waals surface area contributed by atoms with Crippen LogP contribution in [0.5, 0.6) is 11.5 Å². The summed E-state index contributed by atoms with van der Waals surface area (Å²) in [6.07, 6.45) is 1.22. The lowest BCUT2D eigenvalue weighted by atomic mass is 9.86. The number of fused-ring (bicyclic) bond motifs is 1. The van der Waals surface area contributed by atoms with E-state index in [1.807, 2.05) is 58.0 Å². The Kier molecular flexibility index (Phi) is 4.96. The Balaban J connectivity index is 1.93. The lowest BCUT2D eigenvalue weighted by molar-refractivity contribution is -0.132. The van der Waals surface area contributed by atoms with Gasteiger partial charge in [-0.3, -0.25) is 9.59 Å². The van der Waals surface area contributed by atoms with E-state index in [1.165, 1.54) is 6.92 Å². The van der Waals surface area contributed by atoms with Crippen LogP contribution in [0.15, 0.2) is 30.3 Å². The fourth-order valence-corrected chi connectivity index (χ4v) is 3.48. The third kappa shape index (κ3) is 3.54. The highest BCUT2D eigenvalue weighted by Crippen LogP contribution is 2.44. The summed E-state index contributed by atoms with van der Waals surface area (Å²) in [5.74, 6) is 0.806. The SMILES string of the molecule is CC(=O)Oc1c(C)c(C)c2c(c1C)CCC(C)(C(=O)Nc1ccccc1)O2. The molecular weight excluding hydrogens is 342 g/mol. The maximum atomic E-state index is 12.9. The van der Waals surface area contributed by atoms with Gasteiger partial charge >= 0.3 is 5.97 Å². The van der Waals surface area contributed by atoms with Crippen molar-refractivity contribution in [3.05, 3.63) is 52.6 Å². The standard InChI is InChI=1S/C22H25NO4/c1-13-14(2)20-18(15(3)19(13)26-16(4)24)11-12-22(5,27-20)21(25)23-17-9-7-6-8-10-17/h6-10H,11-12H2,1-5H3,(H,23,25). The van der Waals surface area contributed by atoms with Gasteiger partial charge in [-0.05, 0) is 62.9 Å². The van der Waals surface area contributed by atoms with E-state index in [0.29, 0.717) is 18.6 Å². The van der Waals surface area contributed by atoms with Crippen molar-refractivity contribution in [2.75, 3.05) is 5.32 Å². The monoisotopic (exact) mass is 367 g/mol. The number of rotatable bonds is 3. The Labute approximate surface area is 159 Å². The van der Waals surface area contributed by atoms with Crippen LogP contribution in [-0.4, -0.2) is 17.5 Å². The van der Waals surface area contributed by atoms with Crippen LogP contribution >= 0.6 is 0 Å². The molecule has 1 N–H and O–H groups in total. The predicted molar refractivity (Wildman–Crippen MR) is 104 cm³/mol. The maximum Gasteiger partial charge on any atom is 0.308 e. The highest BCUT2D eigenvalue weighted by Gasteiger charge is 2.41. The first-order valence-electron chi connectivity index (χ1n) is 9.09. The van der Waals surface area contributed by atoms with Crippen LogP contribution in [0.4, 0.5) is 5.69 Å². The van der Waals surface area contributed by atoms with Gasteiger partial charge in [0.1, 0.15) is 11.5 Å². The number of hydrogen-bond acceptors (Lipinski definition) is 4. The third-order valence-electron chi connectivity index (χ3n) is 5.25. The molecule has 1 aliphatic heterocycles. The highest BCUT2D eigenvalue weighted by atomic mass is 16.5. The van der Waals surface area contributed by atoms with E-state index in [4.69, 9.17) is 9.47 Å². The van der Waals surface area contributed by atoms with Crippen LogP contribution in [0, 0.1) is 20.8 Å². The lowest BCUT2D eigenvalue weighted by Crippen LogP contribution is -2.48. The zero-order valence-electron chi connectivity index (χ0n) is 16.4. The number of benzene rings is 2. The number of carbonyl (C=O) groups excluding carboxylic acids is 2. The summed E-state index contributed by atoms with van der Waals surface area (Å²) in [5.41, 5.74) is 3.43. The number of anilines is 1. The summed E-state index contributed by atoms with van der Waals surface area (Å²) < 4.78 is 11.7. The molecule has 2 aromatic carbocycles. The minimum atomic E-state index is -0.963. The van der Waals surface area contributed by atoms with Crippen LogP contribution < -0.4 is 14.8 Å². The molecule has 0 radical (unpaired) electrons. The van der Waals surface area contributed by atoms with Crippen LogP contribution in [-0.2, 0) is 16.0 Å². The Morgan fingerprint density at radius 1 is 1.07 bits per heavy atom. The van der Waals surface area contributed by atoms with E-state index in [0.717, 1.165) is 33.7 Å². The van der Waals surface area contributed by atoms with Gasteiger partial charge in [-0.25, -0.2) is 0 Å². The smallest absolute Gasteiger partial charge is 0.308 e. The topological polar surface area (TPSA) is 64.6 Å². The van der Waals surface area contributed by atoms with Gasteiger partial charge in [0.05, 0.1) is 0 Å².